The third-order valence-corrected chi connectivity index (χ3v) is 4.34. The molecule has 20 heavy (non-hydrogen) atoms. The Morgan fingerprint density at radius 2 is 2.30 bits per heavy atom. The Hall–Kier alpha value is -0.870. The van der Waals surface area contributed by atoms with E-state index in [1.807, 2.05) is 12.4 Å². The zero-order valence-electron chi connectivity index (χ0n) is 13.3. The normalized spacial score (nSPS) is 24.9. The van der Waals surface area contributed by atoms with E-state index in [9.17, 15) is 0 Å². The van der Waals surface area contributed by atoms with Crippen LogP contribution in [0.4, 0.5) is 0 Å². The van der Waals surface area contributed by atoms with Crippen molar-refractivity contribution in [2.75, 3.05) is 13.2 Å². The van der Waals surface area contributed by atoms with E-state index in [0.717, 1.165) is 38.2 Å². The number of nitrogens with zero attached hydrogens (tertiary/aromatic N) is 1. The van der Waals surface area contributed by atoms with Gasteiger partial charge in [-0.15, -0.1) is 0 Å². The molecule has 1 aliphatic carbocycles. The zero-order chi connectivity index (χ0) is 14.6. The van der Waals surface area contributed by atoms with Gasteiger partial charge >= 0.3 is 0 Å². The summed E-state index contributed by atoms with van der Waals surface area (Å²) < 4.78 is 6.00. The Bertz CT molecular complexity index is 386. The first-order valence-electron chi connectivity index (χ1n) is 7.83. The van der Waals surface area contributed by atoms with Gasteiger partial charge in [0, 0.05) is 36.9 Å². The van der Waals surface area contributed by atoms with Crippen molar-refractivity contribution in [2.24, 2.45) is 11.3 Å². The summed E-state index contributed by atoms with van der Waals surface area (Å²) in [6.07, 6.45) is 7.38. The molecule has 0 spiro atoms. The van der Waals surface area contributed by atoms with Crippen molar-refractivity contribution in [3.8, 4) is 0 Å². The molecule has 2 rings (SSSR count). The number of hydrogen-bond donors (Lipinski definition) is 2. The SMILES string of the molecule is CC(C)COC1CC(NCCCc2ncc[nH]2)C1(C)C. The van der Waals surface area contributed by atoms with Gasteiger partial charge in [0.05, 0.1) is 6.10 Å². The molecule has 0 saturated heterocycles. The molecule has 1 aliphatic rings. The van der Waals surface area contributed by atoms with E-state index in [0.29, 0.717) is 18.1 Å². The van der Waals surface area contributed by atoms with Crippen LogP contribution in [0.1, 0.15) is 46.4 Å². The number of ether oxygens (including phenoxy) is 1. The number of H-pyrrole nitrogens is 1. The van der Waals surface area contributed by atoms with Crippen LogP contribution in [0.2, 0.25) is 0 Å². The molecule has 0 radical (unpaired) electrons. The first kappa shape index (κ1) is 15.5. The molecule has 114 valence electrons. The van der Waals surface area contributed by atoms with Crippen LogP contribution in [0, 0.1) is 11.3 Å². The number of imidazole rings is 1. The number of aromatic amines is 1. The maximum Gasteiger partial charge on any atom is 0.106 e. The highest BCUT2D eigenvalue weighted by atomic mass is 16.5. The molecule has 1 fully saturated rings. The summed E-state index contributed by atoms with van der Waals surface area (Å²) >= 11 is 0. The monoisotopic (exact) mass is 279 g/mol. The van der Waals surface area contributed by atoms with Crippen LogP contribution < -0.4 is 5.32 Å². The molecule has 2 unspecified atom stereocenters. The van der Waals surface area contributed by atoms with Crippen molar-refractivity contribution in [1.29, 1.82) is 0 Å². The van der Waals surface area contributed by atoms with Gasteiger partial charge in [-0.3, -0.25) is 0 Å². The fourth-order valence-electron chi connectivity index (χ4n) is 2.79. The highest BCUT2D eigenvalue weighted by Gasteiger charge is 2.48. The van der Waals surface area contributed by atoms with Crippen LogP contribution in [0.25, 0.3) is 0 Å². The molecule has 4 nitrogen and oxygen atoms in total. The number of aromatic nitrogens is 2. The minimum absolute atomic E-state index is 0.250. The van der Waals surface area contributed by atoms with Crippen molar-refractivity contribution in [3.05, 3.63) is 18.2 Å². The van der Waals surface area contributed by atoms with Gasteiger partial charge < -0.3 is 15.0 Å². The number of hydrogen-bond acceptors (Lipinski definition) is 3. The summed E-state index contributed by atoms with van der Waals surface area (Å²) in [5.41, 5.74) is 0.250. The summed E-state index contributed by atoms with van der Waals surface area (Å²) in [7, 11) is 0. The molecule has 2 N–H and O–H groups in total. The molecule has 1 aromatic heterocycles. The Balaban J connectivity index is 1.62. The summed E-state index contributed by atoms with van der Waals surface area (Å²) in [5.74, 6) is 1.70. The topological polar surface area (TPSA) is 49.9 Å². The van der Waals surface area contributed by atoms with Gasteiger partial charge in [-0.2, -0.15) is 0 Å². The second kappa shape index (κ2) is 6.72. The van der Waals surface area contributed by atoms with Gasteiger partial charge in [-0.05, 0) is 25.3 Å². The summed E-state index contributed by atoms with van der Waals surface area (Å²) in [6, 6.07) is 0.580. The second-order valence-corrected chi connectivity index (χ2v) is 6.92. The average Bonchev–Trinajstić information content (AvgIpc) is 2.88. The Morgan fingerprint density at radius 3 is 2.90 bits per heavy atom. The van der Waals surface area contributed by atoms with Gasteiger partial charge in [0.25, 0.3) is 0 Å². The van der Waals surface area contributed by atoms with Crippen molar-refractivity contribution < 1.29 is 4.74 Å². The fraction of sp³-hybridized carbons (Fsp3) is 0.812. The fourth-order valence-corrected chi connectivity index (χ4v) is 2.79. The van der Waals surface area contributed by atoms with E-state index in [1.165, 1.54) is 0 Å². The number of aryl methyl sites for hydroxylation is 1. The molecular weight excluding hydrogens is 250 g/mol. The van der Waals surface area contributed by atoms with Crippen molar-refractivity contribution in [1.82, 2.24) is 15.3 Å². The van der Waals surface area contributed by atoms with Crippen LogP contribution >= 0.6 is 0 Å². The molecule has 0 bridgehead atoms. The molecule has 1 heterocycles. The Morgan fingerprint density at radius 1 is 1.50 bits per heavy atom. The first-order valence-corrected chi connectivity index (χ1v) is 7.83. The standard InChI is InChI=1S/C16H29N3O/c1-12(2)11-20-14-10-13(16(14,3)4)17-7-5-6-15-18-8-9-19-15/h8-9,12-14,17H,5-7,10-11H2,1-4H3,(H,18,19). The predicted molar refractivity (Wildman–Crippen MR) is 81.7 cm³/mol. The van der Waals surface area contributed by atoms with Crippen molar-refractivity contribution in [2.45, 2.75) is 59.1 Å². The molecule has 0 amide bonds. The van der Waals surface area contributed by atoms with E-state index < -0.39 is 0 Å². The third kappa shape index (κ3) is 3.83. The van der Waals surface area contributed by atoms with E-state index in [4.69, 9.17) is 4.74 Å². The van der Waals surface area contributed by atoms with E-state index >= 15 is 0 Å². The molecule has 4 heteroatoms. The van der Waals surface area contributed by atoms with E-state index in [-0.39, 0.29) is 5.41 Å². The van der Waals surface area contributed by atoms with Gasteiger partial charge in [0.15, 0.2) is 0 Å². The lowest BCUT2D eigenvalue weighted by Crippen LogP contribution is -2.61. The van der Waals surface area contributed by atoms with Crippen molar-refractivity contribution >= 4 is 0 Å². The average molecular weight is 279 g/mol. The van der Waals surface area contributed by atoms with E-state index in [1.54, 1.807) is 0 Å². The lowest BCUT2D eigenvalue weighted by Gasteiger charge is -2.52. The minimum atomic E-state index is 0.250. The van der Waals surface area contributed by atoms with Crippen LogP contribution in [0.15, 0.2) is 12.4 Å². The molecule has 1 aromatic rings. The number of rotatable bonds is 8. The van der Waals surface area contributed by atoms with E-state index in [2.05, 4.69) is 43.0 Å². The highest BCUT2D eigenvalue weighted by molar-refractivity contribution is 5.02. The Labute approximate surface area is 122 Å². The Kier molecular flexibility index (Phi) is 5.22. The lowest BCUT2D eigenvalue weighted by atomic mass is 9.64. The lowest BCUT2D eigenvalue weighted by molar-refractivity contribution is -0.123. The number of nitrogens with one attached hydrogen (secondary N) is 2. The highest BCUT2D eigenvalue weighted by Crippen LogP contribution is 2.42. The quantitative estimate of drug-likeness (QED) is 0.719. The maximum absolute atomic E-state index is 6.00. The van der Waals surface area contributed by atoms with Gasteiger partial charge in [0.2, 0.25) is 0 Å². The van der Waals surface area contributed by atoms with Gasteiger partial charge in [0.1, 0.15) is 5.82 Å². The molecule has 1 saturated carbocycles. The molecule has 0 aromatic carbocycles. The molecule has 0 aliphatic heterocycles. The van der Waals surface area contributed by atoms with Gasteiger partial charge in [-0.25, -0.2) is 4.98 Å². The summed E-state index contributed by atoms with van der Waals surface area (Å²) in [6.45, 7) is 11.0. The largest absolute Gasteiger partial charge is 0.377 e. The summed E-state index contributed by atoms with van der Waals surface area (Å²) in [5, 5.41) is 3.67. The summed E-state index contributed by atoms with van der Waals surface area (Å²) in [4.78, 5) is 7.39. The minimum Gasteiger partial charge on any atom is -0.377 e. The third-order valence-electron chi connectivity index (χ3n) is 4.34. The zero-order valence-corrected chi connectivity index (χ0v) is 13.3. The van der Waals surface area contributed by atoms with Crippen molar-refractivity contribution in [3.63, 3.8) is 0 Å². The first-order chi connectivity index (χ1) is 9.50. The second-order valence-electron chi connectivity index (χ2n) is 6.92. The van der Waals surface area contributed by atoms with Crippen LogP contribution in [-0.4, -0.2) is 35.3 Å². The maximum atomic E-state index is 6.00. The predicted octanol–water partition coefficient (Wildman–Crippen LogP) is 2.77. The van der Waals surface area contributed by atoms with Crippen LogP contribution in [0.3, 0.4) is 0 Å². The molecular formula is C16H29N3O. The van der Waals surface area contributed by atoms with Crippen LogP contribution in [0.5, 0.6) is 0 Å². The van der Waals surface area contributed by atoms with Gasteiger partial charge in [-0.1, -0.05) is 27.7 Å². The van der Waals surface area contributed by atoms with Crippen LogP contribution in [-0.2, 0) is 11.2 Å². The molecule has 2 atom stereocenters. The smallest absolute Gasteiger partial charge is 0.106 e.